The van der Waals surface area contributed by atoms with Crippen LogP contribution in [0.5, 0.6) is 0 Å². The molecule has 3 rings (SSSR count). The molecule has 0 unspecified atom stereocenters. The first kappa shape index (κ1) is 17.9. The molecule has 6 nitrogen and oxygen atoms in total. The average molecular weight is 381 g/mol. The van der Waals surface area contributed by atoms with Crippen LogP contribution in [0.1, 0.15) is 18.4 Å². The third kappa shape index (κ3) is 5.04. The summed E-state index contributed by atoms with van der Waals surface area (Å²) in [6.45, 7) is 2.73. The van der Waals surface area contributed by atoms with E-state index in [4.69, 9.17) is 23.2 Å². The molecule has 1 aliphatic rings. The maximum atomic E-state index is 10.7. The Morgan fingerprint density at radius 3 is 2.44 bits per heavy atom. The molecule has 0 atom stereocenters. The molecule has 0 amide bonds. The van der Waals surface area contributed by atoms with Crippen LogP contribution in [0.15, 0.2) is 36.5 Å². The first-order chi connectivity index (χ1) is 12.0. The summed E-state index contributed by atoms with van der Waals surface area (Å²) >= 11 is 12.1. The lowest BCUT2D eigenvalue weighted by molar-refractivity contribution is -0.385. The molecule has 1 aliphatic heterocycles. The fourth-order valence-electron chi connectivity index (χ4n) is 2.98. The molecule has 0 bridgehead atoms. The second-order valence-electron chi connectivity index (χ2n) is 6.13. The number of benzene rings is 1. The monoisotopic (exact) mass is 380 g/mol. The third-order valence-electron chi connectivity index (χ3n) is 4.23. The molecule has 25 heavy (non-hydrogen) atoms. The van der Waals surface area contributed by atoms with Gasteiger partial charge in [0.15, 0.2) is 0 Å². The Hall–Kier alpha value is -1.89. The highest BCUT2D eigenvalue weighted by atomic mass is 35.5. The van der Waals surface area contributed by atoms with Crippen molar-refractivity contribution in [3.8, 4) is 0 Å². The molecule has 132 valence electrons. The Bertz CT molecular complexity index is 727. The van der Waals surface area contributed by atoms with E-state index in [1.165, 1.54) is 12.3 Å². The van der Waals surface area contributed by atoms with Crippen molar-refractivity contribution in [3.63, 3.8) is 0 Å². The number of nitrogens with one attached hydrogen (secondary N) is 1. The number of pyridine rings is 1. The minimum Gasteiger partial charge on any atom is -0.367 e. The lowest BCUT2D eigenvalue weighted by Gasteiger charge is -2.32. The van der Waals surface area contributed by atoms with Gasteiger partial charge in [-0.05, 0) is 42.7 Å². The molecule has 2 aromatic rings. The maximum absolute atomic E-state index is 10.7. The lowest BCUT2D eigenvalue weighted by Crippen LogP contribution is -2.38. The molecular formula is C17H18Cl2N4O2. The molecule has 0 aliphatic carbocycles. The summed E-state index contributed by atoms with van der Waals surface area (Å²) in [4.78, 5) is 16.7. The van der Waals surface area contributed by atoms with Crippen LogP contribution in [0.25, 0.3) is 0 Å². The van der Waals surface area contributed by atoms with Crippen molar-refractivity contribution in [1.29, 1.82) is 0 Å². The normalized spacial score (nSPS) is 15.9. The molecule has 0 spiro atoms. The molecule has 1 fully saturated rings. The van der Waals surface area contributed by atoms with Gasteiger partial charge in [-0.2, -0.15) is 0 Å². The number of rotatable bonds is 5. The quantitative estimate of drug-likeness (QED) is 0.615. The van der Waals surface area contributed by atoms with Crippen LogP contribution in [0.2, 0.25) is 10.0 Å². The van der Waals surface area contributed by atoms with Gasteiger partial charge in [0.05, 0.1) is 4.92 Å². The summed E-state index contributed by atoms with van der Waals surface area (Å²) in [5, 5.41) is 15.3. The van der Waals surface area contributed by atoms with Gasteiger partial charge in [-0.3, -0.25) is 15.0 Å². The van der Waals surface area contributed by atoms with E-state index in [0.29, 0.717) is 21.9 Å². The number of nitrogens with zero attached hydrogens (tertiary/aromatic N) is 3. The van der Waals surface area contributed by atoms with Crippen molar-refractivity contribution in [1.82, 2.24) is 9.88 Å². The molecule has 1 aromatic carbocycles. The number of hydrogen-bond donors (Lipinski definition) is 1. The third-order valence-corrected chi connectivity index (χ3v) is 4.66. The van der Waals surface area contributed by atoms with Crippen LogP contribution in [0.3, 0.4) is 0 Å². The molecule has 0 saturated carbocycles. The van der Waals surface area contributed by atoms with E-state index in [1.54, 1.807) is 12.1 Å². The number of nitro groups is 1. The van der Waals surface area contributed by atoms with Crippen LogP contribution < -0.4 is 5.32 Å². The maximum Gasteiger partial charge on any atom is 0.287 e. The minimum absolute atomic E-state index is 0.000511. The highest BCUT2D eigenvalue weighted by Crippen LogP contribution is 2.22. The Labute approximate surface area is 155 Å². The first-order valence-corrected chi connectivity index (χ1v) is 8.79. The van der Waals surface area contributed by atoms with Crippen molar-refractivity contribution in [2.45, 2.75) is 25.4 Å². The molecule has 1 aromatic heterocycles. The average Bonchev–Trinajstić information content (AvgIpc) is 2.56. The molecular weight excluding hydrogens is 363 g/mol. The van der Waals surface area contributed by atoms with Gasteiger partial charge in [0.1, 0.15) is 12.0 Å². The van der Waals surface area contributed by atoms with Gasteiger partial charge < -0.3 is 5.32 Å². The largest absolute Gasteiger partial charge is 0.367 e. The lowest BCUT2D eigenvalue weighted by atomic mass is 10.0. The van der Waals surface area contributed by atoms with E-state index in [9.17, 15) is 10.1 Å². The number of anilines is 1. The van der Waals surface area contributed by atoms with Crippen LogP contribution in [0.4, 0.5) is 11.5 Å². The zero-order valence-electron chi connectivity index (χ0n) is 13.5. The Morgan fingerprint density at radius 2 is 1.88 bits per heavy atom. The van der Waals surface area contributed by atoms with Crippen LogP contribution >= 0.6 is 23.2 Å². The summed E-state index contributed by atoms with van der Waals surface area (Å²) in [6.07, 6.45) is 3.24. The highest BCUT2D eigenvalue weighted by molar-refractivity contribution is 6.34. The van der Waals surface area contributed by atoms with E-state index in [2.05, 4.69) is 15.2 Å². The summed E-state index contributed by atoms with van der Waals surface area (Å²) < 4.78 is 0. The second kappa shape index (κ2) is 7.99. The summed E-state index contributed by atoms with van der Waals surface area (Å²) in [7, 11) is 0. The molecule has 0 radical (unpaired) electrons. The Kier molecular flexibility index (Phi) is 5.73. The van der Waals surface area contributed by atoms with Crippen molar-refractivity contribution >= 4 is 34.7 Å². The first-order valence-electron chi connectivity index (χ1n) is 8.04. The topological polar surface area (TPSA) is 71.3 Å². The van der Waals surface area contributed by atoms with E-state index in [-0.39, 0.29) is 5.69 Å². The number of likely N-dealkylation sites (tertiary alicyclic amines) is 1. The van der Waals surface area contributed by atoms with E-state index < -0.39 is 4.92 Å². The smallest absolute Gasteiger partial charge is 0.287 e. The predicted octanol–water partition coefficient (Wildman–Crippen LogP) is 4.37. The van der Waals surface area contributed by atoms with E-state index in [0.717, 1.165) is 38.0 Å². The Morgan fingerprint density at radius 1 is 1.20 bits per heavy atom. The number of hydrogen-bond acceptors (Lipinski definition) is 5. The molecule has 1 N–H and O–H groups in total. The van der Waals surface area contributed by atoms with Crippen LogP contribution in [-0.4, -0.2) is 33.9 Å². The van der Waals surface area contributed by atoms with E-state index in [1.807, 2.05) is 12.1 Å². The van der Waals surface area contributed by atoms with Gasteiger partial charge >= 0.3 is 0 Å². The van der Waals surface area contributed by atoms with Crippen molar-refractivity contribution < 1.29 is 4.92 Å². The zero-order chi connectivity index (χ0) is 17.8. The van der Waals surface area contributed by atoms with E-state index >= 15 is 0 Å². The van der Waals surface area contributed by atoms with Gasteiger partial charge in [0.2, 0.25) is 0 Å². The predicted molar refractivity (Wildman–Crippen MR) is 99.3 cm³/mol. The van der Waals surface area contributed by atoms with Gasteiger partial charge in [-0.1, -0.05) is 23.2 Å². The summed E-state index contributed by atoms with van der Waals surface area (Å²) in [5.74, 6) is 0.672. The van der Waals surface area contributed by atoms with Crippen LogP contribution in [-0.2, 0) is 6.54 Å². The second-order valence-corrected chi connectivity index (χ2v) is 7.00. The fourth-order valence-corrected chi connectivity index (χ4v) is 3.56. The van der Waals surface area contributed by atoms with Crippen LogP contribution in [0, 0.1) is 10.1 Å². The van der Waals surface area contributed by atoms with Crippen molar-refractivity contribution in [2.24, 2.45) is 0 Å². The zero-order valence-corrected chi connectivity index (χ0v) is 15.0. The SMILES string of the molecule is O=[N+]([O-])c1ccc(NC2CCN(Cc3cc(Cl)cc(Cl)c3)CC2)nc1. The van der Waals surface area contributed by atoms with Gasteiger partial charge in [-0.25, -0.2) is 4.98 Å². The number of piperidine rings is 1. The summed E-state index contributed by atoms with van der Waals surface area (Å²) in [6, 6.07) is 9.05. The molecule has 8 heteroatoms. The van der Waals surface area contributed by atoms with Crippen molar-refractivity contribution in [2.75, 3.05) is 18.4 Å². The minimum atomic E-state index is -0.447. The standard InChI is InChI=1S/C17H18Cl2N4O2/c18-13-7-12(8-14(19)9-13)11-22-5-3-15(4-6-22)21-17-2-1-16(10-20-17)23(24)25/h1-2,7-10,15H,3-6,11H2,(H,20,21). The molecule has 1 saturated heterocycles. The summed E-state index contributed by atoms with van der Waals surface area (Å²) in [5.41, 5.74) is 1.11. The fraction of sp³-hybridized carbons (Fsp3) is 0.353. The van der Waals surface area contributed by atoms with Gasteiger partial charge in [-0.15, -0.1) is 0 Å². The van der Waals surface area contributed by atoms with Crippen molar-refractivity contribution in [3.05, 3.63) is 62.3 Å². The Balaban J connectivity index is 1.50. The van der Waals surface area contributed by atoms with Gasteiger partial charge in [0.25, 0.3) is 5.69 Å². The van der Waals surface area contributed by atoms with Gasteiger partial charge in [0, 0.05) is 41.8 Å². The number of halogens is 2. The number of aromatic nitrogens is 1. The highest BCUT2D eigenvalue weighted by Gasteiger charge is 2.20. The molecule has 2 heterocycles.